The summed E-state index contributed by atoms with van der Waals surface area (Å²) in [6, 6.07) is 16.2. The Labute approximate surface area is 197 Å². The highest BCUT2D eigenvalue weighted by atomic mass is 19.4. The standard InChI is InChI=1S/C22H21F3N4O2.C3H8/c23-22(24,25)21-28-27-19(31-21)16-8-6-15(7-9-16)14-29(18-4-2-1-3-5-18)20(30)17-10-12-26-13-11-17;1-3-2/h1-9,17,26H,10-14H2;3H2,1-2H3. The lowest BCUT2D eigenvalue weighted by molar-refractivity contribution is -0.157. The number of hydrogen-bond acceptors (Lipinski definition) is 5. The van der Waals surface area contributed by atoms with Crippen LogP contribution in [0.2, 0.25) is 0 Å². The van der Waals surface area contributed by atoms with E-state index in [0.29, 0.717) is 12.1 Å². The zero-order chi connectivity index (χ0) is 24.6. The minimum absolute atomic E-state index is 0.0417. The Morgan fingerprint density at radius 3 is 2.21 bits per heavy atom. The number of nitrogens with one attached hydrogen (secondary N) is 1. The van der Waals surface area contributed by atoms with Crippen molar-refractivity contribution < 1.29 is 22.4 Å². The van der Waals surface area contributed by atoms with E-state index in [1.807, 2.05) is 30.3 Å². The molecule has 1 aliphatic heterocycles. The van der Waals surface area contributed by atoms with Gasteiger partial charge in [-0.05, 0) is 55.8 Å². The SMILES string of the molecule is CCC.O=C(C1CCNCC1)N(Cc1ccc(-c2nnc(C(F)(F)F)o2)cc1)c1ccccc1. The van der Waals surface area contributed by atoms with Crippen molar-refractivity contribution in [3.05, 3.63) is 66.1 Å². The van der Waals surface area contributed by atoms with E-state index >= 15 is 0 Å². The van der Waals surface area contributed by atoms with Crippen molar-refractivity contribution in [2.75, 3.05) is 18.0 Å². The number of carbonyl (C=O) groups excluding carboxylic acids is 1. The molecule has 9 heteroatoms. The predicted octanol–water partition coefficient (Wildman–Crippen LogP) is 5.70. The fourth-order valence-corrected chi connectivity index (χ4v) is 3.58. The number of para-hydroxylation sites is 1. The first kappa shape index (κ1) is 25.4. The number of piperidine rings is 1. The summed E-state index contributed by atoms with van der Waals surface area (Å²) in [5.41, 5.74) is 2.02. The lowest BCUT2D eigenvalue weighted by Crippen LogP contribution is -2.40. The Kier molecular flexibility index (Phi) is 8.81. The highest BCUT2D eigenvalue weighted by Crippen LogP contribution is 2.30. The number of alkyl halides is 3. The molecule has 1 fully saturated rings. The van der Waals surface area contributed by atoms with Gasteiger partial charge in [-0.2, -0.15) is 13.2 Å². The van der Waals surface area contributed by atoms with E-state index < -0.39 is 12.1 Å². The molecule has 2 heterocycles. The monoisotopic (exact) mass is 474 g/mol. The molecule has 0 spiro atoms. The van der Waals surface area contributed by atoms with Gasteiger partial charge in [0.05, 0.1) is 6.54 Å². The van der Waals surface area contributed by atoms with Gasteiger partial charge in [-0.3, -0.25) is 4.79 Å². The van der Waals surface area contributed by atoms with Crippen molar-refractivity contribution in [1.29, 1.82) is 0 Å². The molecule has 1 N–H and O–H groups in total. The molecule has 182 valence electrons. The van der Waals surface area contributed by atoms with Gasteiger partial charge in [-0.25, -0.2) is 0 Å². The number of amides is 1. The Balaban J connectivity index is 0.00000103. The molecule has 4 rings (SSSR count). The molecule has 3 aromatic rings. The summed E-state index contributed by atoms with van der Waals surface area (Å²) in [7, 11) is 0. The van der Waals surface area contributed by atoms with Crippen molar-refractivity contribution >= 4 is 11.6 Å². The Bertz CT molecular complexity index is 1030. The van der Waals surface area contributed by atoms with Crippen LogP contribution in [-0.2, 0) is 17.5 Å². The van der Waals surface area contributed by atoms with Crippen LogP contribution in [0.5, 0.6) is 0 Å². The molecular formula is C25H29F3N4O2. The second kappa shape index (κ2) is 11.8. The molecule has 0 saturated carbocycles. The molecule has 0 bridgehead atoms. The van der Waals surface area contributed by atoms with Crippen LogP contribution in [0.3, 0.4) is 0 Å². The lowest BCUT2D eigenvalue weighted by atomic mass is 9.96. The van der Waals surface area contributed by atoms with Crippen molar-refractivity contribution in [2.45, 2.75) is 45.8 Å². The highest BCUT2D eigenvalue weighted by Gasteiger charge is 2.38. The van der Waals surface area contributed by atoms with Gasteiger partial charge in [0.15, 0.2) is 0 Å². The van der Waals surface area contributed by atoms with Crippen molar-refractivity contribution in [3.8, 4) is 11.5 Å². The largest absolute Gasteiger partial charge is 0.470 e. The van der Waals surface area contributed by atoms with Crippen LogP contribution >= 0.6 is 0 Å². The summed E-state index contributed by atoms with van der Waals surface area (Å²) in [6.07, 6.45) is -1.85. The summed E-state index contributed by atoms with van der Waals surface area (Å²) >= 11 is 0. The third-order valence-corrected chi connectivity index (χ3v) is 5.23. The summed E-state index contributed by atoms with van der Waals surface area (Å²) in [5.74, 6) is -1.55. The molecule has 6 nitrogen and oxygen atoms in total. The third-order valence-electron chi connectivity index (χ3n) is 5.23. The van der Waals surface area contributed by atoms with Gasteiger partial charge in [0, 0.05) is 17.2 Å². The number of nitrogens with zero attached hydrogens (tertiary/aromatic N) is 3. The van der Waals surface area contributed by atoms with Crippen LogP contribution < -0.4 is 10.2 Å². The number of carbonyl (C=O) groups is 1. The number of hydrogen-bond donors (Lipinski definition) is 1. The molecule has 0 unspecified atom stereocenters. The maximum Gasteiger partial charge on any atom is 0.470 e. The zero-order valence-electron chi connectivity index (χ0n) is 19.3. The Morgan fingerprint density at radius 1 is 1.03 bits per heavy atom. The van der Waals surface area contributed by atoms with E-state index in [1.54, 1.807) is 29.2 Å². The van der Waals surface area contributed by atoms with Crippen molar-refractivity contribution in [2.24, 2.45) is 5.92 Å². The Morgan fingerprint density at radius 2 is 1.65 bits per heavy atom. The van der Waals surface area contributed by atoms with Gasteiger partial charge < -0.3 is 14.6 Å². The van der Waals surface area contributed by atoms with Crippen LogP contribution in [0.4, 0.5) is 18.9 Å². The van der Waals surface area contributed by atoms with Gasteiger partial charge in [-0.15, -0.1) is 10.2 Å². The van der Waals surface area contributed by atoms with Crippen molar-refractivity contribution in [1.82, 2.24) is 15.5 Å². The fraction of sp³-hybridized carbons (Fsp3) is 0.400. The first-order valence-corrected chi connectivity index (χ1v) is 11.4. The molecule has 0 radical (unpaired) electrons. The van der Waals surface area contributed by atoms with Crippen LogP contribution in [0.15, 0.2) is 59.0 Å². The average Bonchev–Trinajstić information content (AvgIpc) is 3.35. The number of rotatable bonds is 5. The van der Waals surface area contributed by atoms with Gasteiger partial charge >= 0.3 is 12.1 Å². The van der Waals surface area contributed by atoms with E-state index in [4.69, 9.17) is 4.42 Å². The zero-order valence-corrected chi connectivity index (χ0v) is 19.3. The van der Waals surface area contributed by atoms with Crippen LogP contribution in [0, 0.1) is 5.92 Å². The maximum absolute atomic E-state index is 13.2. The smallest absolute Gasteiger partial charge is 0.413 e. The minimum atomic E-state index is -4.68. The van der Waals surface area contributed by atoms with Crippen LogP contribution in [0.1, 0.15) is 44.6 Å². The quantitative estimate of drug-likeness (QED) is 0.513. The number of halogens is 3. The third kappa shape index (κ3) is 6.66. The first-order valence-electron chi connectivity index (χ1n) is 11.4. The molecule has 1 aliphatic rings. The van der Waals surface area contributed by atoms with Gasteiger partial charge in [-0.1, -0.05) is 50.6 Å². The Hall–Kier alpha value is -3.20. The molecular weight excluding hydrogens is 445 g/mol. The molecule has 1 saturated heterocycles. The molecule has 34 heavy (non-hydrogen) atoms. The van der Waals surface area contributed by atoms with Crippen LogP contribution in [0.25, 0.3) is 11.5 Å². The van der Waals surface area contributed by atoms with E-state index in [-0.39, 0.29) is 17.7 Å². The van der Waals surface area contributed by atoms with E-state index in [9.17, 15) is 18.0 Å². The van der Waals surface area contributed by atoms with E-state index in [2.05, 4.69) is 29.4 Å². The molecule has 0 aliphatic carbocycles. The average molecular weight is 475 g/mol. The van der Waals surface area contributed by atoms with E-state index in [0.717, 1.165) is 37.2 Å². The molecule has 1 amide bonds. The van der Waals surface area contributed by atoms with Gasteiger partial charge in [0.2, 0.25) is 11.8 Å². The number of anilines is 1. The highest BCUT2D eigenvalue weighted by molar-refractivity contribution is 5.95. The molecule has 2 aromatic carbocycles. The lowest BCUT2D eigenvalue weighted by Gasteiger charge is -2.30. The minimum Gasteiger partial charge on any atom is -0.413 e. The summed E-state index contributed by atoms with van der Waals surface area (Å²) < 4.78 is 42.8. The van der Waals surface area contributed by atoms with Gasteiger partial charge in [0.25, 0.3) is 0 Å². The first-order chi connectivity index (χ1) is 16.3. The molecule has 0 atom stereocenters. The van der Waals surface area contributed by atoms with Crippen LogP contribution in [-0.4, -0.2) is 29.2 Å². The number of benzene rings is 2. The second-order valence-electron chi connectivity index (χ2n) is 8.10. The number of aromatic nitrogens is 2. The normalized spacial score (nSPS) is 14.3. The second-order valence-corrected chi connectivity index (χ2v) is 8.10. The maximum atomic E-state index is 13.2. The fourth-order valence-electron chi connectivity index (χ4n) is 3.58. The van der Waals surface area contributed by atoms with Gasteiger partial charge in [0.1, 0.15) is 0 Å². The van der Waals surface area contributed by atoms with E-state index in [1.165, 1.54) is 6.42 Å². The summed E-state index contributed by atoms with van der Waals surface area (Å²) in [4.78, 5) is 15.0. The molecule has 1 aromatic heterocycles. The summed E-state index contributed by atoms with van der Waals surface area (Å²) in [6.45, 7) is 6.24. The topological polar surface area (TPSA) is 71.3 Å². The van der Waals surface area contributed by atoms with Crippen molar-refractivity contribution in [3.63, 3.8) is 0 Å². The predicted molar refractivity (Wildman–Crippen MR) is 124 cm³/mol. The summed E-state index contributed by atoms with van der Waals surface area (Å²) in [5, 5.41) is 9.79.